The molecule has 1 aromatic rings. The van der Waals surface area contributed by atoms with Crippen molar-refractivity contribution in [1.82, 2.24) is 0 Å². The molecule has 0 aliphatic rings. The number of rotatable bonds is 8. The summed E-state index contributed by atoms with van der Waals surface area (Å²) >= 11 is 0. The maximum atomic E-state index is 5.53. The van der Waals surface area contributed by atoms with E-state index < -0.39 is 8.15 Å². The summed E-state index contributed by atoms with van der Waals surface area (Å²) in [6.07, 6.45) is 4.71. The summed E-state index contributed by atoms with van der Waals surface area (Å²) in [5.41, 5.74) is 1.16. The predicted molar refractivity (Wildman–Crippen MR) is 70.9 cm³/mol. The van der Waals surface area contributed by atoms with Gasteiger partial charge in [0.1, 0.15) is 6.61 Å². The summed E-state index contributed by atoms with van der Waals surface area (Å²) in [4.78, 5) is 5.33. The van der Waals surface area contributed by atoms with Gasteiger partial charge in [0.05, 0.1) is 12.3 Å². The van der Waals surface area contributed by atoms with Crippen LogP contribution in [-0.4, -0.2) is 12.3 Å². The van der Waals surface area contributed by atoms with Crippen LogP contribution in [0.15, 0.2) is 30.3 Å². The van der Waals surface area contributed by atoms with Crippen molar-refractivity contribution >= 4 is 8.15 Å². The van der Waals surface area contributed by atoms with Crippen molar-refractivity contribution in [3.8, 4) is 0 Å². The van der Waals surface area contributed by atoms with Crippen LogP contribution in [0.4, 0.5) is 0 Å². The number of hydrogen-bond acceptors (Lipinski definition) is 2. The molecule has 0 heterocycles. The normalized spacial score (nSPS) is 10.3. The smallest absolute Gasteiger partial charge is 0.174 e. The van der Waals surface area contributed by atoms with Crippen LogP contribution in [0.2, 0.25) is 0 Å². The third-order valence-corrected chi connectivity index (χ3v) is 4.77. The molecule has 0 unspecified atom stereocenters. The van der Waals surface area contributed by atoms with Crippen LogP contribution in [0.5, 0.6) is 0 Å². The minimum absolute atomic E-state index is 0. The van der Waals surface area contributed by atoms with Crippen molar-refractivity contribution in [3.05, 3.63) is 35.9 Å². The molecule has 4 heteroatoms. The van der Waals surface area contributed by atoms with Crippen LogP contribution in [0, 0.1) is 0 Å². The zero-order chi connectivity index (χ0) is 11.6. The van der Waals surface area contributed by atoms with E-state index in [9.17, 15) is 0 Å². The number of benzene rings is 1. The Hall–Kier alpha value is 0.0635. The van der Waals surface area contributed by atoms with Gasteiger partial charge in [0, 0.05) is 16.5 Å². The topological polar surface area (TPSA) is 18.5 Å². The monoisotopic (exact) mass is 299 g/mol. The van der Waals surface area contributed by atoms with Gasteiger partial charge >= 0.3 is 0 Å². The Balaban J connectivity index is 0.00000256. The molecule has 0 bridgehead atoms. The zero-order valence-electron chi connectivity index (χ0n) is 10.6. The molecule has 0 aromatic heterocycles. The average molecular weight is 300 g/mol. The standard InChI is InChI=1S/C13H21O2P.Ni/c1-3-10-16(11-4-2)15-14-12-13-8-6-5-7-9-13;/h5-9H,3-4,10-12H2,1-2H3;/p+1. The molecule has 100 valence electrons. The van der Waals surface area contributed by atoms with E-state index in [1.807, 2.05) is 18.2 Å². The molecule has 0 aliphatic carbocycles. The Bertz CT molecular complexity index is 263. The van der Waals surface area contributed by atoms with Crippen molar-refractivity contribution < 1.29 is 26.1 Å². The summed E-state index contributed by atoms with van der Waals surface area (Å²) in [5.74, 6) is 0. The molecule has 0 saturated carbocycles. The zero-order valence-corrected chi connectivity index (χ0v) is 12.5. The molecule has 1 aromatic carbocycles. The van der Waals surface area contributed by atoms with E-state index >= 15 is 0 Å². The van der Waals surface area contributed by atoms with Gasteiger partial charge in [0.2, 0.25) is 0 Å². The van der Waals surface area contributed by atoms with E-state index in [4.69, 9.17) is 9.56 Å². The molecule has 17 heavy (non-hydrogen) atoms. The second-order valence-electron chi connectivity index (χ2n) is 3.87. The number of hydrogen-bond donors (Lipinski definition) is 0. The Kier molecular flexibility index (Phi) is 11.2. The molecule has 2 nitrogen and oxygen atoms in total. The molecular formula is C13H22NiO2P+. The van der Waals surface area contributed by atoms with E-state index in [-0.39, 0.29) is 16.5 Å². The fourth-order valence-electron chi connectivity index (χ4n) is 1.52. The van der Waals surface area contributed by atoms with Crippen LogP contribution < -0.4 is 0 Å². The van der Waals surface area contributed by atoms with Crippen molar-refractivity contribution in [3.63, 3.8) is 0 Å². The first-order valence-corrected chi connectivity index (χ1v) is 7.87. The average Bonchev–Trinajstić information content (AvgIpc) is 2.31. The van der Waals surface area contributed by atoms with Crippen LogP contribution in [0.25, 0.3) is 0 Å². The first-order valence-electron chi connectivity index (χ1n) is 6.05. The fourth-order valence-corrected chi connectivity index (χ4v) is 3.28. The van der Waals surface area contributed by atoms with Crippen molar-refractivity contribution in [2.75, 3.05) is 12.3 Å². The second-order valence-corrected chi connectivity index (χ2v) is 6.11. The molecule has 0 N–H and O–H groups in total. The second kappa shape index (κ2) is 11.2. The summed E-state index contributed by atoms with van der Waals surface area (Å²) in [6, 6.07) is 10.1. The molecule has 0 radical (unpaired) electrons. The Morgan fingerprint density at radius 2 is 1.59 bits per heavy atom. The quantitative estimate of drug-likeness (QED) is 0.312. The SMILES string of the molecule is CCC[PH+](CCC)OOCc1ccccc1.[Ni]. The van der Waals surface area contributed by atoms with Gasteiger partial charge in [-0.25, -0.2) is 0 Å². The molecule has 0 spiro atoms. The first kappa shape index (κ1) is 17.1. The Morgan fingerprint density at radius 3 is 2.12 bits per heavy atom. The summed E-state index contributed by atoms with van der Waals surface area (Å²) in [7, 11) is -0.738. The summed E-state index contributed by atoms with van der Waals surface area (Å²) in [6.45, 7) is 4.95. The van der Waals surface area contributed by atoms with E-state index in [1.165, 1.54) is 25.2 Å². The fraction of sp³-hybridized carbons (Fsp3) is 0.538. The van der Waals surface area contributed by atoms with Gasteiger partial charge in [-0.05, 0) is 18.4 Å². The van der Waals surface area contributed by atoms with Gasteiger partial charge in [-0.15, -0.1) is 0 Å². The maximum Gasteiger partial charge on any atom is 0.174 e. The van der Waals surface area contributed by atoms with Gasteiger partial charge in [-0.3, -0.25) is 0 Å². The Morgan fingerprint density at radius 1 is 1.00 bits per heavy atom. The molecular weight excluding hydrogens is 278 g/mol. The van der Waals surface area contributed by atoms with Crippen molar-refractivity contribution in [2.45, 2.75) is 33.3 Å². The van der Waals surface area contributed by atoms with E-state index in [1.54, 1.807) is 0 Å². The summed E-state index contributed by atoms with van der Waals surface area (Å²) in [5, 5.41) is 0. The van der Waals surface area contributed by atoms with Crippen LogP contribution in [-0.2, 0) is 32.7 Å². The third kappa shape index (κ3) is 7.89. The minimum atomic E-state index is -0.738. The third-order valence-electron chi connectivity index (χ3n) is 2.30. The molecule has 0 saturated heterocycles. The first-order chi connectivity index (χ1) is 7.86. The molecule has 0 aliphatic heterocycles. The van der Waals surface area contributed by atoms with Gasteiger partial charge < -0.3 is 0 Å². The largest absolute Gasteiger partial charge is 0.196 e. The van der Waals surface area contributed by atoms with E-state index in [0.29, 0.717) is 6.61 Å². The van der Waals surface area contributed by atoms with Crippen molar-refractivity contribution in [2.24, 2.45) is 0 Å². The molecule has 0 atom stereocenters. The van der Waals surface area contributed by atoms with Crippen LogP contribution in [0.3, 0.4) is 0 Å². The van der Waals surface area contributed by atoms with Gasteiger partial charge in [0.25, 0.3) is 0 Å². The Labute approximate surface area is 116 Å². The minimum Gasteiger partial charge on any atom is -0.196 e. The van der Waals surface area contributed by atoms with Gasteiger partial charge in [0.15, 0.2) is 8.15 Å². The summed E-state index contributed by atoms with van der Waals surface area (Å²) < 4.78 is 5.53. The van der Waals surface area contributed by atoms with E-state index in [0.717, 1.165) is 5.56 Å². The molecule has 1 rings (SSSR count). The van der Waals surface area contributed by atoms with Gasteiger partial charge in [-0.2, -0.15) is 4.89 Å². The molecule has 0 amide bonds. The maximum absolute atomic E-state index is 5.53. The van der Waals surface area contributed by atoms with E-state index in [2.05, 4.69) is 26.0 Å². The van der Waals surface area contributed by atoms with Gasteiger partial charge in [-0.1, -0.05) is 48.9 Å². The van der Waals surface area contributed by atoms with Crippen molar-refractivity contribution in [1.29, 1.82) is 0 Å². The predicted octanol–water partition coefficient (Wildman–Crippen LogP) is 4.08. The molecule has 0 fully saturated rings. The van der Waals surface area contributed by atoms with Crippen LogP contribution >= 0.6 is 8.15 Å². The van der Waals surface area contributed by atoms with Crippen LogP contribution in [0.1, 0.15) is 32.3 Å².